The summed E-state index contributed by atoms with van der Waals surface area (Å²) in [5, 5.41) is 7.28. The van der Waals surface area contributed by atoms with Crippen LogP contribution in [0.2, 0.25) is 0 Å². The number of hydrogen-bond acceptors (Lipinski definition) is 4. The van der Waals surface area contributed by atoms with Gasteiger partial charge in [0.2, 0.25) is 0 Å². The van der Waals surface area contributed by atoms with E-state index in [9.17, 15) is 4.79 Å². The first-order valence-electron chi connectivity index (χ1n) is 8.39. The predicted octanol–water partition coefficient (Wildman–Crippen LogP) is 1.58. The second-order valence-electron chi connectivity index (χ2n) is 7.78. The van der Waals surface area contributed by atoms with Crippen LogP contribution >= 0.6 is 0 Å². The molecule has 0 bridgehead atoms. The third-order valence-corrected chi connectivity index (χ3v) is 4.85. The fourth-order valence-electron chi connectivity index (χ4n) is 3.71. The van der Waals surface area contributed by atoms with Gasteiger partial charge in [-0.05, 0) is 65.0 Å². The van der Waals surface area contributed by atoms with Crippen LogP contribution in [0.15, 0.2) is 0 Å². The lowest BCUT2D eigenvalue weighted by atomic mass is 10.1. The number of ether oxygens (including phenoxy) is 1. The summed E-state index contributed by atoms with van der Waals surface area (Å²) in [7, 11) is 0. The van der Waals surface area contributed by atoms with E-state index in [4.69, 9.17) is 4.74 Å². The van der Waals surface area contributed by atoms with Gasteiger partial charge in [0.05, 0.1) is 0 Å². The molecule has 2 aliphatic heterocycles. The first kappa shape index (κ1) is 15.1. The predicted molar refractivity (Wildman–Crippen MR) is 82.2 cm³/mol. The normalized spacial score (nSPS) is 36.0. The molecule has 3 atom stereocenters. The van der Waals surface area contributed by atoms with Crippen LogP contribution in [-0.4, -0.2) is 54.9 Å². The highest BCUT2D eigenvalue weighted by Gasteiger charge is 2.57. The molecule has 0 radical (unpaired) electrons. The minimum atomic E-state index is -0.394. The number of nitrogens with zero attached hydrogens (tertiary/aromatic N) is 1. The van der Waals surface area contributed by atoms with Gasteiger partial charge in [-0.1, -0.05) is 0 Å². The molecule has 3 aliphatic rings. The number of likely N-dealkylation sites (tertiary alicyclic amines) is 1. The molecule has 0 aromatic rings. The van der Waals surface area contributed by atoms with Crippen molar-refractivity contribution in [2.45, 2.75) is 57.7 Å². The van der Waals surface area contributed by atoms with Crippen LogP contribution in [0.3, 0.4) is 0 Å². The molecule has 3 unspecified atom stereocenters. The third kappa shape index (κ3) is 3.69. The van der Waals surface area contributed by atoms with Crippen molar-refractivity contribution in [1.29, 1.82) is 0 Å². The largest absolute Gasteiger partial charge is 0.444 e. The van der Waals surface area contributed by atoms with Crippen molar-refractivity contribution in [3.8, 4) is 0 Å². The van der Waals surface area contributed by atoms with Crippen LogP contribution in [0.1, 0.15) is 40.0 Å². The fourth-order valence-corrected chi connectivity index (χ4v) is 3.71. The van der Waals surface area contributed by atoms with Crippen LogP contribution in [0.5, 0.6) is 0 Å². The summed E-state index contributed by atoms with van der Waals surface area (Å²) in [6, 6.07) is 1.29. The Morgan fingerprint density at radius 3 is 2.57 bits per heavy atom. The maximum Gasteiger partial charge on any atom is 0.410 e. The van der Waals surface area contributed by atoms with Gasteiger partial charge in [-0.3, -0.25) is 0 Å². The van der Waals surface area contributed by atoms with Gasteiger partial charge in [0, 0.05) is 25.2 Å². The highest BCUT2D eigenvalue weighted by molar-refractivity contribution is 5.69. The molecular formula is C16H29N3O2. The maximum absolute atomic E-state index is 12.0. The average molecular weight is 295 g/mol. The van der Waals surface area contributed by atoms with Gasteiger partial charge in [-0.25, -0.2) is 4.79 Å². The SMILES string of the molecule is CC(C)(C)OC(=O)N1CC2C(C1)C2NC1CCCNCC1. The number of hydrogen-bond donors (Lipinski definition) is 2. The van der Waals surface area contributed by atoms with Crippen molar-refractivity contribution in [3.63, 3.8) is 0 Å². The molecule has 1 amide bonds. The van der Waals surface area contributed by atoms with E-state index >= 15 is 0 Å². The molecule has 3 fully saturated rings. The summed E-state index contributed by atoms with van der Waals surface area (Å²) in [6.07, 6.45) is 3.63. The summed E-state index contributed by atoms with van der Waals surface area (Å²) >= 11 is 0. The van der Waals surface area contributed by atoms with Crippen LogP contribution in [-0.2, 0) is 4.74 Å². The van der Waals surface area contributed by atoms with Gasteiger partial charge in [0.15, 0.2) is 0 Å². The number of carbonyl (C=O) groups is 1. The molecule has 120 valence electrons. The van der Waals surface area contributed by atoms with E-state index in [2.05, 4.69) is 10.6 Å². The molecule has 0 aromatic carbocycles. The van der Waals surface area contributed by atoms with E-state index in [-0.39, 0.29) is 6.09 Å². The topological polar surface area (TPSA) is 53.6 Å². The minimum absolute atomic E-state index is 0.146. The number of piperidine rings is 1. The van der Waals surface area contributed by atoms with Gasteiger partial charge >= 0.3 is 6.09 Å². The Bertz CT molecular complexity index is 373. The highest BCUT2D eigenvalue weighted by Crippen LogP contribution is 2.46. The van der Waals surface area contributed by atoms with Gasteiger partial charge in [0.1, 0.15) is 5.60 Å². The van der Waals surface area contributed by atoms with Crippen LogP contribution in [0.4, 0.5) is 4.79 Å². The minimum Gasteiger partial charge on any atom is -0.444 e. The Kier molecular flexibility index (Phi) is 4.14. The molecule has 21 heavy (non-hydrogen) atoms. The van der Waals surface area contributed by atoms with Crippen LogP contribution in [0, 0.1) is 11.8 Å². The summed E-state index contributed by atoms with van der Waals surface area (Å²) in [4.78, 5) is 13.9. The lowest BCUT2D eigenvalue weighted by molar-refractivity contribution is 0.0268. The number of fused-ring (bicyclic) bond motifs is 1. The Morgan fingerprint density at radius 1 is 1.19 bits per heavy atom. The molecule has 2 heterocycles. The van der Waals surface area contributed by atoms with Crippen molar-refractivity contribution < 1.29 is 9.53 Å². The molecule has 2 N–H and O–H groups in total. The Labute approximate surface area is 127 Å². The third-order valence-electron chi connectivity index (χ3n) is 4.85. The zero-order valence-electron chi connectivity index (χ0n) is 13.5. The average Bonchev–Trinajstić information content (AvgIpc) is 2.93. The van der Waals surface area contributed by atoms with Crippen molar-refractivity contribution in [2.75, 3.05) is 26.2 Å². The standard InChI is InChI=1S/C16H29N3O2/c1-16(2,3)21-15(20)19-9-12-13(10-19)14(12)18-11-5-4-7-17-8-6-11/h11-14,17-18H,4-10H2,1-3H3. The first-order valence-corrected chi connectivity index (χ1v) is 8.39. The zero-order chi connectivity index (χ0) is 15.0. The van der Waals surface area contributed by atoms with E-state index in [1.807, 2.05) is 25.7 Å². The van der Waals surface area contributed by atoms with E-state index in [1.165, 1.54) is 19.3 Å². The van der Waals surface area contributed by atoms with Gasteiger partial charge < -0.3 is 20.3 Å². The quantitative estimate of drug-likeness (QED) is 0.812. The van der Waals surface area contributed by atoms with Gasteiger partial charge in [0.25, 0.3) is 0 Å². The monoisotopic (exact) mass is 295 g/mol. The Balaban J connectivity index is 1.42. The zero-order valence-corrected chi connectivity index (χ0v) is 13.5. The van der Waals surface area contributed by atoms with Gasteiger partial charge in [-0.15, -0.1) is 0 Å². The molecule has 5 nitrogen and oxygen atoms in total. The van der Waals surface area contributed by atoms with Crippen molar-refractivity contribution >= 4 is 6.09 Å². The first-order chi connectivity index (χ1) is 9.94. The molecule has 2 saturated heterocycles. The smallest absolute Gasteiger partial charge is 0.410 e. The molecular weight excluding hydrogens is 266 g/mol. The van der Waals surface area contributed by atoms with E-state index in [0.717, 1.165) is 26.2 Å². The number of carbonyl (C=O) groups excluding carboxylic acids is 1. The molecule has 3 rings (SSSR count). The van der Waals surface area contributed by atoms with Crippen molar-refractivity contribution in [1.82, 2.24) is 15.5 Å². The lowest BCUT2D eigenvalue weighted by Gasteiger charge is -2.26. The summed E-state index contributed by atoms with van der Waals surface area (Å²) < 4.78 is 5.45. The molecule has 0 spiro atoms. The second kappa shape index (κ2) is 5.76. The Morgan fingerprint density at radius 2 is 1.90 bits per heavy atom. The fraction of sp³-hybridized carbons (Fsp3) is 0.938. The molecule has 5 heteroatoms. The number of amides is 1. The summed E-state index contributed by atoms with van der Waals surface area (Å²) in [6.45, 7) is 9.78. The Hall–Kier alpha value is -0.810. The van der Waals surface area contributed by atoms with E-state index in [0.29, 0.717) is 23.9 Å². The van der Waals surface area contributed by atoms with E-state index < -0.39 is 5.60 Å². The number of rotatable bonds is 2. The molecule has 0 aromatic heterocycles. The van der Waals surface area contributed by atoms with Crippen LogP contribution < -0.4 is 10.6 Å². The summed E-state index contributed by atoms with van der Waals surface area (Å²) in [5.41, 5.74) is -0.394. The van der Waals surface area contributed by atoms with Crippen molar-refractivity contribution in [2.24, 2.45) is 11.8 Å². The summed E-state index contributed by atoms with van der Waals surface area (Å²) in [5.74, 6) is 1.29. The van der Waals surface area contributed by atoms with Crippen LogP contribution in [0.25, 0.3) is 0 Å². The highest BCUT2D eigenvalue weighted by atomic mass is 16.6. The maximum atomic E-state index is 12.0. The molecule has 1 aliphatic carbocycles. The van der Waals surface area contributed by atoms with Gasteiger partial charge in [-0.2, -0.15) is 0 Å². The second-order valence-corrected chi connectivity index (χ2v) is 7.78. The van der Waals surface area contributed by atoms with Crippen molar-refractivity contribution in [3.05, 3.63) is 0 Å². The number of nitrogens with one attached hydrogen (secondary N) is 2. The molecule has 1 saturated carbocycles. The van der Waals surface area contributed by atoms with E-state index in [1.54, 1.807) is 0 Å². The lowest BCUT2D eigenvalue weighted by Crippen LogP contribution is -2.41.